The summed E-state index contributed by atoms with van der Waals surface area (Å²) in [6.07, 6.45) is 0. The SMILES string of the molecule is CC(C)[C@H]([NH2+]CC(=O)N(C)Cc1ccc(N(C)C)cc1)c1ccc(F)cc1. The smallest absolute Gasteiger partial charge is 0.277 e. The van der Waals surface area contributed by atoms with E-state index in [2.05, 4.69) is 43.0 Å². The Balaban J connectivity index is 1.93. The van der Waals surface area contributed by atoms with Gasteiger partial charge in [0.2, 0.25) is 0 Å². The minimum absolute atomic E-state index is 0.0828. The number of quaternary nitrogens is 1. The van der Waals surface area contributed by atoms with Crippen molar-refractivity contribution in [2.45, 2.75) is 26.4 Å². The number of carbonyl (C=O) groups is 1. The molecule has 0 spiro atoms. The number of hydrogen-bond acceptors (Lipinski definition) is 2. The molecule has 2 aromatic carbocycles. The predicted molar refractivity (Wildman–Crippen MR) is 108 cm³/mol. The van der Waals surface area contributed by atoms with Crippen LogP contribution in [0.2, 0.25) is 0 Å². The van der Waals surface area contributed by atoms with E-state index < -0.39 is 0 Å². The van der Waals surface area contributed by atoms with E-state index in [4.69, 9.17) is 0 Å². The van der Waals surface area contributed by atoms with Crippen molar-refractivity contribution >= 4 is 11.6 Å². The second kappa shape index (κ2) is 9.51. The highest BCUT2D eigenvalue weighted by molar-refractivity contribution is 5.76. The number of likely N-dealkylation sites (N-methyl/N-ethyl adjacent to an activating group) is 1. The van der Waals surface area contributed by atoms with Crippen molar-refractivity contribution in [3.05, 3.63) is 65.5 Å². The van der Waals surface area contributed by atoms with Crippen LogP contribution in [0.25, 0.3) is 0 Å². The summed E-state index contributed by atoms with van der Waals surface area (Å²) < 4.78 is 13.2. The average molecular weight is 373 g/mol. The fourth-order valence-electron chi connectivity index (χ4n) is 3.12. The number of benzene rings is 2. The van der Waals surface area contributed by atoms with Gasteiger partial charge < -0.3 is 15.1 Å². The maximum Gasteiger partial charge on any atom is 0.277 e. The van der Waals surface area contributed by atoms with Gasteiger partial charge in [0.25, 0.3) is 5.91 Å². The van der Waals surface area contributed by atoms with Crippen LogP contribution < -0.4 is 10.2 Å². The molecular formula is C22H31FN3O+. The second-order valence-electron chi connectivity index (χ2n) is 7.57. The van der Waals surface area contributed by atoms with E-state index in [1.54, 1.807) is 17.0 Å². The molecule has 0 unspecified atom stereocenters. The van der Waals surface area contributed by atoms with Gasteiger partial charge in [0.1, 0.15) is 11.9 Å². The van der Waals surface area contributed by atoms with Gasteiger partial charge in [-0.3, -0.25) is 4.79 Å². The van der Waals surface area contributed by atoms with Gasteiger partial charge in [-0.15, -0.1) is 0 Å². The molecule has 146 valence electrons. The quantitative estimate of drug-likeness (QED) is 0.774. The van der Waals surface area contributed by atoms with Crippen molar-refractivity contribution in [2.24, 2.45) is 5.92 Å². The third-order valence-electron chi connectivity index (χ3n) is 4.82. The molecule has 2 N–H and O–H groups in total. The van der Waals surface area contributed by atoms with Gasteiger partial charge in [-0.25, -0.2) is 4.39 Å². The van der Waals surface area contributed by atoms with Crippen LogP contribution in [0.15, 0.2) is 48.5 Å². The van der Waals surface area contributed by atoms with E-state index in [1.165, 1.54) is 12.1 Å². The molecule has 0 aromatic heterocycles. The Kier molecular flexibility index (Phi) is 7.36. The third-order valence-corrected chi connectivity index (χ3v) is 4.82. The minimum atomic E-state index is -0.239. The number of amides is 1. The monoisotopic (exact) mass is 372 g/mol. The lowest BCUT2D eigenvalue weighted by Crippen LogP contribution is -2.88. The van der Waals surface area contributed by atoms with Crippen LogP contribution in [0, 0.1) is 11.7 Å². The second-order valence-corrected chi connectivity index (χ2v) is 7.57. The Labute approximate surface area is 162 Å². The molecular weight excluding hydrogens is 341 g/mol. The van der Waals surface area contributed by atoms with Crippen molar-refractivity contribution in [1.82, 2.24) is 4.90 Å². The zero-order valence-corrected chi connectivity index (χ0v) is 16.9. The Morgan fingerprint density at radius 1 is 1.00 bits per heavy atom. The minimum Gasteiger partial charge on any atom is -0.378 e. The maximum atomic E-state index is 13.2. The van der Waals surface area contributed by atoms with E-state index in [0.717, 1.165) is 16.8 Å². The Bertz CT molecular complexity index is 726. The molecule has 1 amide bonds. The number of nitrogens with two attached hydrogens (primary N) is 1. The highest BCUT2D eigenvalue weighted by atomic mass is 19.1. The summed E-state index contributed by atoms with van der Waals surface area (Å²) >= 11 is 0. The van der Waals surface area contributed by atoms with Crippen LogP contribution in [-0.2, 0) is 11.3 Å². The summed E-state index contributed by atoms with van der Waals surface area (Å²) in [5.74, 6) is 0.184. The summed E-state index contributed by atoms with van der Waals surface area (Å²) in [6, 6.07) is 14.9. The lowest BCUT2D eigenvalue weighted by atomic mass is 9.96. The highest BCUT2D eigenvalue weighted by Gasteiger charge is 2.21. The zero-order chi connectivity index (χ0) is 20.0. The van der Waals surface area contributed by atoms with E-state index in [-0.39, 0.29) is 17.8 Å². The number of halogens is 1. The molecule has 0 saturated heterocycles. The van der Waals surface area contributed by atoms with Gasteiger partial charge >= 0.3 is 0 Å². The van der Waals surface area contributed by atoms with Gasteiger partial charge in [-0.05, 0) is 29.8 Å². The first-order chi connectivity index (χ1) is 12.8. The molecule has 0 heterocycles. The van der Waals surface area contributed by atoms with Crippen LogP contribution in [-0.4, -0.2) is 38.5 Å². The molecule has 5 heteroatoms. The predicted octanol–water partition coefficient (Wildman–Crippen LogP) is 2.81. The van der Waals surface area contributed by atoms with Gasteiger partial charge in [-0.2, -0.15) is 0 Å². The summed E-state index contributed by atoms with van der Waals surface area (Å²) in [5.41, 5.74) is 3.29. The summed E-state index contributed by atoms with van der Waals surface area (Å²) in [6.45, 7) is 5.19. The van der Waals surface area contributed by atoms with Gasteiger partial charge in [0, 0.05) is 44.9 Å². The molecule has 0 saturated carbocycles. The van der Waals surface area contributed by atoms with Crippen molar-refractivity contribution in [2.75, 3.05) is 32.6 Å². The van der Waals surface area contributed by atoms with Gasteiger partial charge in [0.15, 0.2) is 6.54 Å². The van der Waals surface area contributed by atoms with Crippen LogP contribution in [0.4, 0.5) is 10.1 Å². The van der Waals surface area contributed by atoms with Crippen molar-refractivity contribution in [3.8, 4) is 0 Å². The number of nitrogens with zero attached hydrogens (tertiary/aromatic N) is 2. The first kappa shape index (κ1) is 20.9. The lowest BCUT2D eigenvalue weighted by Gasteiger charge is -2.22. The highest BCUT2D eigenvalue weighted by Crippen LogP contribution is 2.18. The first-order valence-corrected chi connectivity index (χ1v) is 9.37. The van der Waals surface area contributed by atoms with Gasteiger partial charge in [-0.1, -0.05) is 38.1 Å². The Hall–Kier alpha value is -2.40. The number of anilines is 1. The molecule has 2 aromatic rings. The molecule has 2 rings (SSSR count). The zero-order valence-electron chi connectivity index (χ0n) is 16.9. The molecule has 0 fully saturated rings. The number of rotatable bonds is 8. The van der Waals surface area contributed by atoms with Gasteiger partial charge in [0.05, 0.1) is 0 Å². The molecule has 0 aliphatic rings. The normalized spacial score (nSPS) is 12.1. The lowest BCUT2D eigenvalue weighted by molar-refractivity contribution is -0.692. The van der Waals surface area contributed by atoms with Crippen LogP contribution in [0.5, 0.6) is 0 Å². The topological polar surface area (TPSA) is 40.2 Å². The number of hydrogen-bond donors (Lipinski definition) is 1. The Morgan fingerprint density at radius 2 is 1.59 bits per heavy atom. The fourth-order valence-corrected chi connectivity index (χ4v) is 3.12. The van der Waals surface area contributed by atoms with E-state index in [9.17, 15) is 9.18 Å². The van der Waals surface area contributed by atoms with Crippen LogP contribution in [0.3, 0.4) is 0 Å². The summed E-state index contributed by atoms with van der Waals surface area (Å²) in [5, 5.41) is 2.05. The van der Waals surface area contributed by atoms with E-state index in [0.29, 0.717) is 19.0 Å². The largest absolute Gasteiger partial charge is 0.378 e. The standard InChI is InChI=1S/C22H30FN3O/c1-16(2)22(18-8-10-19(23)11-9-18)24-14-21(27)26(5)15-17-6-12-20(13-7-17)25(3)4/h6-13,16,22,24H,14-15H2,1-5H3/p+1/t22-/m0/s1. The van der Waals surface area contributed by atoms with E-state index >= 15 is 0 Å². The van der Waals surface area contributed by atoms with Crippen LogP contribution >= 0.6 is 0 Å². The molecule has 0 aliphatic heterocycles. The first-order valence-electron chi connectivity index (χ1n) is 9.37. The molecule has 0 bridgehead atoms. The maximum absolute atomic E-state index is 13.2. The van der Waals surface area contributed by atoms with Crippen LogP contribution in [0.1, 0.15) is 31.0 Å². The summed E-state index contributed by atoms with van der Waals surface area (Å²) in [4.78, 5) is 16.4. The molecule has 0 aliphatic carbocycles. The Morgan fingerprint density at radius 3 is 2.11 bits per heavy atom. The molecule has 1 atom stereocenters. The van der Waals surface area contributed by atoms with E-state index in [1.807, 2.05) is 26.5 Å². The summed E-state index contributed by atoms with van der Waals surface area (Å²) in [7, 11) is 5.85. The molecule has 27 heavy (non-hydrogen) atoms. The fraction of sp³-hybridized carbons (Fsp3) is 0.409. The average Bonchev–Trinajstić information content (AvgIpc) is 2.63. The number of carbonyl (C=O) groups excluding carboxylic acids is 1. The van der Waals surface area contributed by atoms with Crippen molar-refractivity contribution < 1.29 is 14.5 Å². The van der Waals surface area contributed by atoms with Crippen molar-refractivity contribution in [1.29, 1.82) is 0 Å². The van der Waals surface area contributed by atoms with Crippen molar-refractivity contribution in [3.63, 3.8) is 0 Å². The third kappa shape index (κ3) is 6.07. The molecule has 0 radical (unpaired) electrons. The molecule has 4 nitrogen and oxygen atoms in total.